The molecule has 0 N–H and O–H groups in total. The Morgan fingerprint density at radius 3 is 2.50 bits per heavy atom. The van der Waals surface area contributed by atoms with Crippen molar-refractivity contribution >= 4 is 5.97 Å². The lowest BCUT2D eigenvalue weighted by molar-refractivity contribution is -0.907. The summed E-state index contributed by atoms with van der Waals surface area (Å²) < 4.78 is 6.49. The number of hydrogen-bond donors (Lipinski definition) is 0. The van der Waals surface area contributed by atoms with E-state index in [4.69, 9.17) is 4.74 Å². The van der Waals surface area contributed by atoms with Crippen LogP contribution in [-0.2, 0) is 9.53 Å². The van der Waals surface area contributed by atoms with Gasteiger partial charge in [-0.25, -0.2) is 4.79 Å². The van der Waals surface area contributed by atoms with Gasteiger partial charge in [0.05, 0.1) is 26.7 Å². The summed E-state index contributed by atoms with van der Waals surface area (Å²) in [5.74, 6) is 2.14. The van der Waals surface area contributed by atoms with Gasteiger partial charge in [0.25, 0.3) is 0 Å². The van der Waals surface area contributed by atoms with Crippen LogP contribution in [0.5, 0.6) is 0 Å². The van der Waals surface area contributed by atoms with Crippen molar-refractivity contribution in [3.8, 4) is 0 Å². The van der Waals surface area contributed by atoms with E-state index in [1.165, 1.54) is 38.5 Å². The molecule has 116 valence electrons. The van der Waals surface area contributed by atoms with E-state index in [2.05, 4.69) is 20.9 Å². The van der Waals surface area contributed by atoms with Crippen LogP contribution < -0.4 is 0 Å². The average molecular weight is 282 g/mol. The SMILES string of the molecule is C[C@@H]1CC[C@@H](COC(=O)C[N+]2(C)CCCCC2)[C@@H](C)C1. The molecule has 3 heteroatoms. The summed E-state index contributed by atoms with van der Waals surface area (Å²) in [6, 6.07) is 0. The van der Waals surface area contributed by atoms with Gasteiger partial charge in [-0.05, 0) is 49.9 Å². The monoisotopic (exact) mass is 282 g/mol. The number of likely N-dealkylation sites (N-methyl/N-ethyl adjacent to an activating group) is 1. The molecule has 1 heterocycles. The van der Waals surface area contributed by atoms with Gasteiger partial charge in [0.2, 0.25) is 0 Å². The summed E-state index contributed by atoms with van der Waals surface area (Å²) in [7, 11) is 2.20. The molecular weight excluding hydrogens is 250 g/mol. The molecule has 0 radical (unpaired) electrons. The van der Waals surface area contributed by atoms with E-state index in [-0.39, 0.29) is 5.97 Å². The molecule has 0 bridgehead atoms. The number of hydrogen-bond acceptors (Lipinski definition) is 2. The number of carbonyl (C=O) groups is 1. The molecule has 2 aliphatic rings. The van der Waals surface area contributed by atoms with Crippen LogP contribution in [0.2, 0.25) is 0 Å². The number of nitrogens with zero attached hydrogens (tertiary/aromatic N) is 1. The van der Waals surface area contributed by atoms with E-state index in [0.29, 0.717) is 25.0 Å². The molecule has 1 aliphatic heterocycles. The molecule has 2 rings (SSSR count). The predicted molar refractivity (Wildman–Crippen MR) is 81.3 cm³/mol. The third-order valence-corrected chi connectivity index (χ3v) is 5.47. The van der Waals surface area contributed by atoms with Gasteiger partial charge in [0.1, 0.15) is 0 Å². The first-order valence-corrected chi connectivity index (χ1v) is 8.48. The van der Waals surface area contributed by atoms with Crippen molar-refractivity contribution in [2.75, 3.05) is 33.3 Å². The quantitative estimate of drug-likeness (QED) is 0.584. The van der Waals surface area contributed by atoms with Crippen LogP contribution in [0.4, 0.5) is 0 Å². The fourth-order valence-electron chi connectivity index (χ4n) is 3.97. The molecule has 3 atom stereocenters. The van der Waals surface area contributed by atoms with E-state index in [9.17, 15) is 4.79 Å². The molecule has 0 aromatic carbocycles. The molecule has 0 aromatic heterocycles. The highest BCUT2D eigenvalue weighted by molar-refractivity contribution is 5.70. The average Bonchev–Trinajstić information content (AvgIpc) is 2.38. The number of ether oxygens (including phenoxy) is 1. The topological polar surface area (TPSA) is 26.3 Å². The van der Waals surface area contributed by atoms with Gasteiger partial charge >= 0.3 is 5.97 Å². The summed E-state index contributed by atoms with van der Waals surface area (Å²) in [5, 5.41) is 0. The summed E-state index contributed by atoms with van der Waals surface area (Å²) in [4.78, 5) is 12.1. The Kier molecular flexibility index (Phi) is 5.48. The van der Waals surface area contributed by atoms with Crippen LogP contribution in [0.1, 0.15) is 52.4 Å². The summed E-state index contributed by atoms with van der Waals surface area (Å²) in [5.41, 5.74) is 0. The van der Waals surface area contributed by atoms with Gasteiger partial charge in [0, 0.05) is 0 Å². The Hall–Kier alpha value is -0.570. The van der Waals surface area contributed by atoms with E-state index in [1.54, 1.807) is 0 Å². The van der Waals surface area contributed by atoms with Crippen molar-refractivity contribution in [3.63, 3.8) is 0 Å². The fourth-order valence-corrected chi connectivity index (χ4v) is 3.97. The highest BCUT2D eigenvalue weighted by atomic mass is 16.5. The Morgan fingerprint density at radius 2 is 1.85 bits per heavy atom. The maximum absolute atomic E-state index is 12.1. The second-order valence-corrected chi connectivity index (χ2v) is 7.62. The summed E-state index contributed by atoms with van der Waals surface area (Å²) in [6.07, 6.45) is 7.63. The maximum atomic E-state index is 12.1. The third-order valence-electron chi connectivity index (χ3n) is 5.47. The van der Waals surface area contributed by atoms with Gasteiger partial charge in [-0.3, -0.25) is 0 Å². The standard InChI is InChI=1S/C17H32NO2/c1-14-7-8-16(15(2)11-14)13-20-17(19)12-18(3)9-5-4-6-10-18/h14-16H,4-13H2,1-3H3/q+1/t14-,15+,16+/m1/s1. The Labute approximate surface area is 124 Å². The highest BCUT2D eigenvalue weighted by Crippen LogP contribution is 2.33. The largest absolute Gasteiger partial charge is 0.461 e. The number of piperidine rings is 1. The smallest absolute Gasteiger partial charge is 0.361 e. The molecule has 1 saturated heterocycles. The Bertz CT molecular complexity index is 323. The lowest BCUT2D eigenvalue weighted by Gasteiger charge is -2.37. The molecular formula is C17H32NO2+. The van der Waals surface area contributed by atoms with Crippen LogP contribution >= 0.6 is 0 Å². The molecule has 1 aliphatic carbocycles. The van der Waals surface area contributed by atoms with Crippen molar-refractivity contribution < 1.29 is 14.0 Å². The lowest BCUT2D eigenvalue weighted by Crippen LogP contribution is -2.51. The first-order chi connectivity index (χ1) is 9.48. The van der Waals surface area contributed by atoms with Crippen LogP contribution in [0, 0.1) is 17.8 Å². The fraction of sp³-hybridized carbons (Fsp3) is 0.941. The first-order valence-electron chi connectivity index (χ1n) is 8.48. The van der Waals surface area contributed by atoms with Crippen LogP contribution in [0.15, 0.2) is 0 Å². The number of esters is 1. The zero-order valence-corrected chi connectivity index (χ0v) is 13.6. The van der Waals surface area contributed by atoms with E-state index in [1.807, 2.05) is 0 Å². The van der Waals surface area contributed by atoms with Crippen molar-refractivity contribution in [3.05, 3.63) is 0 Å². The minimum atomic E-state index is 0.0141. The zero-order chi connectivity index (χ0) is 14.6. The van der Waals surface area contributed by atoms with Crippen molar-refractivity contribution in [2.24, 2.45) is 17.8 Å². The third kappa shape index (κ3) is 4.47. The molecule has 1 saturated carbocycles. The number of likely N-dealkylation sites (tertiary alicyclic amines) is 1. The molecule has 0 amide bonds. The van der Waals surface area contributed by atoms with Crippen LogP contribution in [0.25, 0.3) is 0 Å². The highest BCUT2D eigenvalue weighted by Gasteiger charge is 2.30. The van der Waals surface area contributed by atoms with Gasteiger partial charge in [-0.1, -0.05) is 20.3 Å². The normalized spacial score (nSPS) is 33.6. The molecule has 0 spiro atoms. The first kappa shape index (κ1) is 15.8. The number of carbonyl (C=O) groups excluding carboxylic acids is 1. The number of quaternary nitrogens is 1. The number of rotatable bonds is 4. The Morgan fingerprint density at radius 1 is 1.15 bits per heavy atom. The molecule has 20 heavy (non-hydrogen) atoms. The van der Waals surface area contributed by atoms with E-state index >= 15 is 0 Å². The van der Waals surface area contributed by atoms with Gasteiger partial charge in [-0.15, -0.1) is 0 Å². The van der Waals surface area contributed by atoms with E-state index in [0.717, 1.165) is 23.5 Å². The van der Waals surface area contributed by atoms with Crippen LogP contribution in [0.3, 0.4) is 0 Å². The summed E-state index contributed by atoms with van der Waals surface area (Å²) >= 11 is 0. The van der Waals surface area contributed by atoms with Gasteiger partial charge in [-0.2, -0.15) is 0 Å². The minimum absolute atomic E-state index is 0.0141. The molecule has 0 aromatic rings. The Balaban J connectivity index is 1.72. The summed E-state index contributed by atoms with van der Waals surface area (Å²) in [6.45, 7) is 8.12. The van der Waals surface area contributed by atoms with Gasteiger partial charge < -0.3 is 9.22 Å². The second kappa shape index (κ2) is 6.93. The second-order valence-electron chi connectivity index (χ2n) is 7.62. The van der Waals surface area contributed by atoms with E-state index < -0.39 is 0 Å². The minimum Gasteiger partial charge on any atom is -0.461 e. The molecule has 0 unspecified atom stereocenters. The lowest BCUT2D eigenvalue weighted by atomic mass is 9.76. The zero-order valence-electron chi connectivity index (χ0n) is 13.6. The predicted octanol–water partition coefficient (Wildman–Crippen LogP) is 3.23. The van der Waals surface area contributed by atoms with Crippen molar-refractivity contribution in [1.82, 2.24) is 0 Å². The van der Waals surface area contributed by atoms with Gasteiger partial charge in [0.15, 0.2) is 6.54 Å². The van der Waals surface area contributed by atoms with Crippen molar-refractivity contribution in [1.29, 1.82) is 0 Å². The maximum Gasteiger partial charge on any atom is 0.361 e. The van der Waals surface area contributed by atoms with Crippen LogP contribution in [-0.4, -0.2) is 43.7 Å². The van der Waals surface area contributed by atoms with Crippen molar-refractivity contribution in [2.45, 2.75) is 52.4 Å². The molecule has 3 nitrogen and oxygen atoms in total. The molecule has 2 fully saturated rings.